The molecule has 2 fully saturated rings. The van der Waals surface area contributed by atoms with Gasteiger partial charge in [-0.15, -0.1) is 0 Å². The highest BCUT2D eigenvalue weighted by atomic mass is 15.1. The summed E-state index contributed by atoms with van der Waals surface area (Å²) < 4.78 is 0. The first-order valence-electron chi connectivity index (χ1n) is 8.28. The minimum atomic E-state index is 0.593. The summed E-state index contributed by atoms with van der Waals surface area (Å²) in [4.78, 5) is 2.74. The molecule has 18 heavy (non-hydrogen) atoms. The fraction of sp³-hybridized carbons (Fsp3) is 1.00. The molecule has 1 aliphatic carbocycles. The van der Waals surface area contributed by atoms with Gasteiger partial charge in [-0.1, -0.05) is 32.6 Å². The first-order chi connectivity index (χ1) is 8.85. The van der Waals surface area contributed by atoms with Crippen molar-refractivity contribution in [3.05, 3.63) is 0 Å². The molecule has 0 radical (unpaired) electrons. The SMILES string of the molecule is CCCNCC1(CN2CCCC2)CCCCCC1. The number of hydrogen-bond donors (Lipinski definition) is 1. The summed E-state index contributed by atoms with van der Waals surface area (Å²) in [6.45, 7) is 8.81. The molecule has 1 saturated heterocycles. The van der Waals surface area contributed by atoms with Crippen LogP contribution in [0.5, 0.6) is 0 Å². The van der Waals surface area contributed by atoms with Crippen molar-refractivity contribution in [3.63, 3.8) is 0 Å². The van der Waals surface area contributed by atoms with Gasteiger partial charge >= 0.3 is 0 Å². The van der Waals surface area contributed by atoms with Crippen LogP contribution < -0.4 is 5.32 Å². The zero-order valence-electron chi connectivity index (χ0n) is 12.3. The summed E-state index contributed by atoms with van der Waals surface area (Å²) >= 11 is 0. The van der Waals surface area contributed by atoms with E-state index in [9.17, 15) is 0 Å². The lowest BCUT2D eigenvalue weighted by Gasteiger charge is -2.37. The van der Waals surface area contributed by atoms with Crippen LogP contribution >= 0.6 is 0 Å². The molecule has 0 unspecified atom stereocenters. The lowest BCUT2D eigenvalue weighted by Crippen LogP contribution is -2.43. The van der Waals surface area contributed by atoms with Gasteiger partial charge in [-0.3, -0.25) is 0 Å². The van der Waals surface area contributed by atoms with Crippen molar-refractivity contribution in [1.82, 2.24) is 10.2 Å². The smallest absolute Gasteiger partial charge is 0.00501 e. The molecule has 2 rings (SSSR count). The van der Waals surface area contributed by atoms with Crippen LogP contribution in [-0.2, 0) is 0 Å². The van der Waals surface area contributed by atoms with E-state index in [1.54, 1.807) is 0 Å². The van der Waals surface area contributed by atoms with E-state index < -0.39 is 0 Å². The maximum atomic E-state index is 3.72. The fourth-order valence-corrected chi connectivity index (χ4v) is 3.81. The minimum absolute atomic E-state index is 0.593. The molecule has 0 aromatic rings. The topological polar surface area (TPSA) is 15.3 Å². The lowest BCUT2D eigenvalue weighted by atomic mass is 9.79. The molecule has 1 saturated carbocycles. The second-order valence-electron chi connectivity index (χ2n) is 6.57. The molecule has 1 heterocycles. The molecule has 0 aromatic heterocycles. The number of nitrogens with zero attached hydrogens (tertiary/aromatic N) is 1. The van der Waals surface area contributed by atoms with Crippen LogP contribution in [0.3, 0.4) is 0 Å². The van der Waals surface area contributed by atoms with Crippen LogP contribution in [0.15, 0.2) is 0 Å². The van der Waals surface area contributed by atoms with Gasteiger partial charge in [0.2, 0.25) is 0 Å². The minimum Gasteiger partial charge on any atom is -0.316 e. The number of hydrogen-bond acceptors (Lipinski definition) is 2. The summed E-state index contributed by atoms with van der Waals surface area (Å²) in [6, 6.07) is 0. The molecule has 0 spiro atoms. The molecule has 2 nitrogen and oxygen atoms in total. The van der Waals surface area contributed by atoms with Crippen molar-refractivity contribution in [2.45, 2.75) is 64.7 Å². The predicted molar refractivity (Wildman–Crippen MR) is 79.0 cm³/mol. The van der Waals surface area contributed by atoms with E-state index in [-0.39, 0.29) is 0 Å². The van der Waals surface area contributed by atoms with Crippen molar-refractivity contribution < 1.29 is 0 Å². The Balaban J connectivity index is 1.90. The van der Waals surface area contributed by atoms with E-state index in [2.05, 4.69) is 17.1 Å². The second-order valence-corrected chi connectivity index (χ2v) is 6.57. The molecule has 0 bridgehead atoms. The van der Waals surface area contributed by atoms with E-state index in [0.29, 0.717) is 5.41 Å². The molecule has 0 atom stereocenters. The highest BCUT2D eigenvalue weighted by Crippen LogP contribution is 2.36. The number of likely N-dealkylation sites (tertiary alicyclic amines) is 1. The molecular weight excluding hydrogens is 220 g/mol. The van der Waals surface area contributed by atoms with E-state index in [4.69, 9.17) is 0 Å². The Morgan fingerprint density at radius 1 is 0.944 bits per heavy atom. The Morgan fingerprint density at radius 3 is 2.22 bits per heavy atom. The zero-order chi connectivity index (χ0) is 12.7. The van der Waals surface area contributed by atoms with Gasteiger partial charge in [0, 0.05) is 13.1 Å². The third-order valence-corrected chi connectivity index (χ3v) is 4.85. The standard InChI is InChI=1S/C16H32N2/c1-2-11-17-14-16(9-5-3-4-6-10-16)15-18-12-7-8-13-18/h17H,2-15H2,1H3. The second kappa shape index (κ2) is 7.49. The van der Waals surface area contributed by atoms with E-state index in [0.717, 1.165) is 0 Å². The van der Waals surface area contributed by atoms with Crippen molar-refractivity contribution >= 4 is 0 Å². The molecular formula is C16H32N2. The zero-order valence-corrected chi connectivity index (χ0v) is 12.3. The summed E-state index contributed by atoms with van der Waals surface area (Å²) in [7, 11) is 0. The molecule has 1 N–H and O–H groups in total. The largest absolute Gasteiger partial charge is 0.316 e. The third kappa shape index (κ3) is 4.24. The Kier molecular flexibility index (Phi) is 5.97. The summed E-state index contributed by atoms with van der Waals surface area (Å²) in [5.41, 5.74) is 0.593. The van der Waals surface area contributed by atoms with Crippen molar-refractivity contribution in [1.29, 1.82) is 0 Å². The fourth-order valence-electron chi connectivity index (χ4n) is 3.81. The Hall–Kier alpha value is -0.0800. The number of rotatable bonds is 6. The van der Waals surface area contributed by atoms with Gasteiger partial charge < -0.3 is 10.2 Å². The van der Waals surface area contributed by atoms with Gasteiger partial charge in [-0.2, -0.15) is 0 Å². The van der Waals surface area contributed by atoms with Gasteiger partial charge in [0.15, 0.2) is 0 Å². The van der Waals surface area contributed by atoms with Gasteiger partial charge in [0.25, 0.3) is 0 Å². The highest BCUT2D eigenvalue weighted by Gasteiger charge is 2.33. The first kappa shape index (κ1) is 14.3. The van der Waals surface area contributed by atoms with E-state index in [1.165, 1.54) is 90.5 Å². The Labute approximate surface area is 114 Å². The predicted octanol–water partition coefficient (Wildman–Crippen LogP) is 3.42. The maximum Gasteiger partial charge on any atom is 0.00501 e. The Bertz CT molecular complexity index is 213. The summed E-state index contributed by atoms with van der Waals surface area (Å²) in [6.07, 6.45) is 12.9. The molecule has 2 aliphatic rings. The van der Waals surface area contributed by atoms with Crippen molar-refractivity contribution in [3.8, 4) is 0 Å². The van der Waals surface area contributed by atoms with Crippen LogP contribution in [0.1, 0.15) is 64.7 Å². The molecule has 1 aliphatic heterocycles. The quantitative estimate of drug-likeness (QED) is 0.575. The summed E-state index contributed by atoms with van der Waals surface area (Å²) in [5.74, 6) is 0. The Morgan fingerprint density at radius 2 is 1.61 bits per heavy atom. The normalized spacial score (nSPS) is 25.2. The van der Waals surface area contributed by atoms with Gasteiger partial charge in [0.05, 0.1) is 0 Å². The average molecular weight is 252 g/mol. The van der Waals surface area contributed by atoms with Crippen molar-refractivity contribution in [2.24, 2.45) is 5.41 Å². The van der Waals surface area contributed by atoms with Gasteiger partial charge in [-0.25, -0.2) is 0 Å². The molecule has 0 amide bonds. The molecule has 2 heteroatoms. The molecule has 106 valence electrons. The van der Waals surface area contributed by atoms with Crippen LogP contribution in [0.25, 0.3) is 0 Å². The van der Waals surface area contributed by atoms with E-state index in [1.807, 2.05) is 0 Å². The van der Waals surface area contributed by atoms with Crippen LogP contribution in [0, 0.1) is 5.41 Å². The maximum absolute atomic E-state index is 3.72. The van der Waals surface area contributed by atoms with Gasteiger partial charge in [-0.05, 0) is 57.2 Å². The van der Waals surface area contributed by atoms with E-state index >= 15 is 0 Å². The molecule has 0 aromatic carbocycles. The van der Waals surface area contributed by atoms with Crippen molar-refractivity contribution in [2.75, 3.05) is 32.7 Å². The average Bonchev–Trinajstić information content (AvgIpc) is 2.76. The van der Waals surface area contributed by atoms with Gasteiger partial charge in [0.1, 0.15) is 0 Å². The van der Waals surface area contributed by atoms with Crippen LogP contribution in [0.4, 0.5) is 0 Å². The van der Waals surface area contributed by atoms with Crippen LogP contribution in [-0.4, -0.2) is 37.6 Å². The van der Waals surface area contributed by atoms with Crippen LogP contribution in [0.2, 0.25) is 0 Å². The third-order valence-electron chi connectivity index (χ3n) is 4.85. The lowest BCUT2D eigenvalue weighted by molar-refractivity contribution is 0.145. The first-order valence-corrected chi connectivity index (χ1v) is 8.28. The number of nitrogens with one attached hydrogen (secondary N) is 1. The monoisotopic (exact) mass is 252 g/mol. The highest BCUT2D eigenvalue weighted by molar-refractivity contribution is 4.88. The summed E-state index contributed by atoms with van der Waals surface area (Å²) in [5, 5.41) is 3.72.